The molecule has 0 amide bonds. The third-order valence-corrected chi connectivity index (χ3v) is 3.65. The number of hydrogen-bond acceptors (Lipinski definition) is 3. The number of benzene rings is 1. The Morgan fingerprint density at radius 3 is 2.76 bits per heavy atom. The normalized spacial score (nSPS) is 17.5. The quantitative estimate of drug-likeness (QED) is 0.750. The van der Waals surface area contributed by atoms with E-state index in [9.17, 15) is 0 Å². The fourth-order valence-electron chi connectivity index (χ4n) is 2.30. The van der Waals surface area contributed by atoms with E-state index in [1.807, 2.05) is 12.1 Å². The summed E-state index contributed by atoms with van der Waals surface area (Å²) in [7, 11) is 0. The van der Waals surface area contributed by atoms with Crippen LogP contribution in [-0.4, -0.2) is 29.8 Å². The van der Waals surface area contributed by atoms with Crippen LogP contribution in [-0.2, 0) is 6.42 Å². The highest BCUT2D eigenvalue weighted by Crippen LogP contribution is 2.32. The third kappa shape index (κ3) is 2.22. The zero-order valence-electron chi connectivity index (χ0n) is 9.65. The van der Waals surface area contributed by atoms with Crippen LogP contribution in [0.3, 0.4) is 0 Å². The summed E-state index contributed by atoms with van der Waals surface area (Å²) in [4.78, 5) is 3.35. The maximum absolute atomic E-state index is 5.48. The lowest BCUT2D eigenvalue weighted by Crippen LogP contribution is -2.27. The smallest absolute Gasteiger partial charge is 0.231 e. The van der Waals surface area contributed by atoms with Gasteiger partial charge in [-0.15, -0.1) is 0 Å². The molecule has 2 heterocycles. The molecule has 0 aromatic heterocycles. The van der Waals surface area contributed by atoms with Crippen LogP contribution in [0.5, 0.6) is 11.5 Å². The van der Waals surface area contributed by atoms with Gasteiger partial charge in [0.1, 0.15) is 0 Å². The number of nitrogens with zero attached hydrogens (tertiary/aromatic N) is 1. The molecule has 0 radical (unpaired) electrons. The van der Waals surface area contributed by atoms with Crippen LogP contribution in [0.15, 0.2) is 18.2 Å². The van der Waals surface area contributed by atoms with Gasteiger partial charge in [-0.1, -0.05) is 18.3 Å². The Bertz CT molecular complexity index is 441. The van der Waals surface area contributed by atoms with Gasteiger partial charge in [0.05, 0.1) is 4.99 Å². The summed E-state index contributed by atoms with van der Waals surface area (Å²) in [6.45, 7) is 2.56. The van der Waals surface area contributed by atoms with E-state index in [1.165, 1.54) is 18.4 Å². The molecule has 0 aliphatic carbocycles. The SMILES string of the molecule is S=C(Cc1ccc2c(c1)OCO2)N1CCCC1. The fourth-order valence-corrected chi connectivity index (χ4v) is 2.65. The third-order valence-electron chi connectivity index (χ3n) is 3.25. The molecule has 0 unspecified atom stereocenters. The first-order chi connectivity index (χ1) is 8.33. The highest BCUT2D eigenvalue weighted by atomic mass is 32.1. The number of thiocarbonyl (C=S) groups is 1. The van der Waals surface area contributed by atoms with Crippen molar-refractivity contribution in [1.82, 2.24) is 4.90 Å². The van der Waals surface area contributed by atoms with Crippen molar-refractivity contribution in [3.8, 4) is 11.5 Å². The zero-order chi connectivity index (χ0) is 11.7. The van der Waals surface area contributed by atoms with Gasteiger partial charge in [0.25, 0.3) is 0 Å². The van der Waals surface area contributed by atoms with Gasteiger partial charge in [-0.3, -0.25) is 0 Å². The molecule has 0 saturated carbocycles. The van der Waals surface area contributed by atoms with Crippen LogP contribution in [0.4, 0.5) is 0 Å². The number of likely N-dealkylation sites (tertiary alicyclic amines) is 1. The Hall–Kier alpha value is -1.29. The average molecular weight is 249 g/mol. The summed E-state index contributed by atoms with van der Waals surface area (Å²) in [6, 6.07) is 6.06. The Balaban J connectivity index is 1.70. The molecular formula is C13H15NO2S. The summed E-state index contributed by atoms with van der Waals surface area (Å²) < 4.78 is 10.7. The summed E-state index contributed by atoms with van der Waals surface area (Å²) in [5.41, 5.74) is 1.20. The van der Waals surface area contributed by atoms with Crippen molar-refractivity contribution < 1.29 is 9.47 Å². The average Bonchev–Trinajstić information content (AvgIpc) is 2.99. The van der Waals surface area contributed by atoms with Gasteiger partial charge in [0, 0.05) is 19.5 Å². The second kappa shape index (κ2) is 4.53. The lowest BCUT2D eigenvalue weighted by Gasteiger charge is -2.18. The van der Waals surface area contributed by atoms with Crippen molar-refractivity contribution in [3.05, 3.63) is 23.8 Å². The van der Waals surface area contributed by atoms with Crippen LogP contribution in [0, 0.1) is 0 Å². The van der Waals surface area contributed by atoms with Crippen molar-refractivity contribution in [2.24, 2.45) is 0 Å². The van der Waals surface area contributed by atoms with Crippen molar-refractivity contribution in [1.29, 1.82) is 0 Å². The topological polar surface area (TPSA) is 21.7 Å². The van der Waals surface area contributed by atoms with E-state index in [4.69, 9.17) is 21.7 Å². The lowest BCUT2D eigenvalue weighted by molar-refractivity contribution is 0.174. The fraction of sp³-hybridized carbons (Fsp3) is 0.462. The molecule has 2 aliphatic heterocycles. The molecule has 90 valence electrons. The summed E-state index contributed by atoms with van der Waals surface area (Å²) >= 11 is 5.48. The molecule has 3 nitrogen and oxygen atoms in total. The molecule has 4 heteroatoms. The molecule has 0 atom stereocenters. The van der Waals surface area contributed by atoms with Gasteiger partial charge >= 0.3 is 0 Å². The Morgan fingerprint density at radius 2 is 1.94 bits per heavy atom. The van der Waals surface area contributed by atoms with Gasteiger partial charge in [0.15, 0.2) is 11.5 Å². The molecule has 1 aromatic carbocycles. The predicted octanol–water partition coefficient (Wildman–Crippen LogP) is 2.38. The van der Waals surface area contributed by atoms with E-state index in [-0.39, 0.29) is 0 Å². The first-order valence-corrected chi connectivity index (χ1v) is 6.40. The van der Waals surface area contributed by atoms with Crippen LogP contribution >= 0.6 is 12.2 Å². The minimum absolute atomic E-state index is 0.329. The predicted molar refractivity (Wildman–Crippen MR) is 69.7 cm³/mol. The molecule has 1 fully saturated rings. The van der Waals surface area contributed by atoms with Crippen LogP contribution < -0.4 is 9.47 Å². The summed E-state index contributed by atoms with van der Waals surface area (Å²) in [5.74, 6) is 1.67. The molecule has 17 heavy (non-hydrogen) atoms. The number of hydrogen-bond donors (Lipinski definition) is 0. The minimum Gasteiger partial charge on any atom is -0.454 e. The number of rotatable bonds is 2. The Morgan fingerprint density at radius 1 is 1.18 bits per heavy atom. The maximum Gasteiger partial charge on any atom is 0.231 e. The zero-order valence-corrected chi connectivity index (χ0v) is 10.5. The van der Waals surface area contributed by atoms with E-state index >= 15 is 0 Å². The standard InChI is InChI=1S/C13H15NO2S/c17-13(14-5-1-2-6-14)8-10-3-4-11-12(7-10)16-9-15-11/h3-4,7H,1-2,5-6,8-9H2. The highest BCUT2D eigenvalue weighted by Gasteiger charge is 2.17. The van der Waals surface area contributed by atoms with Gasteiger partial charge in [0.2, 0.25) is 6.79 Å². The van der Waals surface area contributed by atoms with Crippen molar-refractivity contribution >= 4 is 17.2 Å². The minimum atomic E-state index is 0.329. The second-order valence-electron chi connectivity index (χ2n) is 4.45. The Kier molecular flexibility index (Phi) is 2.89. The molecule has 0 spiro atoms. The largest absolute Gasteiger partial charge is 0.454 e. The molecule has 0 N–H and O–H groups in total. The van der Waals surface area contributed by atoms with E-state index in [0.29, 0.717) is 6.79 Å². The van der Waals surface area contributed by atoms with Gasteiger partial charge in [-0.2, -0.15) is 0 Å². The number of fused-ring (bicyclic) bond motifs is 1. The van der Waals surface area contributed by atoms with Crippen LogP contribution in [0.25, 0.3) is 0 Å². The Labute approximate surface area is 106 Å². The monoisotopic (exact) mass is 249 g/mol. The van der Waals surface area contributed by atoms with E-state index in [0.717, 1.165) is 36.0 Å². The molecule has 1 saturated heterocycles. The molecule has 2 aliphatic rings. The first kappa shape index (κ1) is 10.8. The van der Waals surface area contributed by atoms with E-state index in [1.54, 1.807) is 0 Å². The number of ether oxygens (including phenoxy) is 2. The highest BCUT2D eigenvalue weighted by molar-refractivity contribution is 7.80. The summed E-state index contributed by atoms with van der Waals surface area (Å²) in [6.07, 6.45) is 3.36. The molecular weight excluding hydrogens is 234 g/mol. The molecule has 3 rings (SSSR count). The lowest BCUT2D eigenvalue weighted by atomic mass is 10.1. The molecule has 0 bridgehead atoms. The van der Waals surface area contributed by atoms with Crippen molar-refractivity contribution in [2.45, 2.75) is 19.3 Å². The molecule has 1 aromatic rings. The van der Waals surface area contributed by atoms with Crippen molar-refractivity contribution in [3.63, 3.8) is 0 Å². The van der Waals surface area contributed by atoms with Gasteiger partial charge in [-0.05, 0) is 30.5 Å². The summed E-state index contributed by atoms with van der Waals surface area (Å²) in [5, 5.41) is 0. The maximum atomic E-state index is 5.48. The van der Waals surface area contributed by atoms with Crippen LogP contribution in [0.2, 0.25) is 0 Å². The van der Waals surface area contributed by atoms with Crippen molar-refractivity contribution in [2.75, 3.05) is 19.9 Å². The van der Waals surface area contributed by atoms with Gasteiger partial charge < -0.3 is 14.4 Å². The van der Waals surface area contributed by atoms with E-state index in [2.05, 4.69) is 11.0 Å². The second-order valence-corrected chi connectivity index (χ2v) is 4.92. The van der Waals surface area contributed by atoms with E-state index < -0.39 is 0 Å². The van der Waals surface area contributed by atoms with Gasteiger partial charge in [-0.25, -0.2) is 0 Å². The first-order valence-electron chi connectivity index (χ1n) is 5.99. The van der Waals surface area contributed by atoms with Crippen LogP contribution in [0.1, 0.15) is 18.4 Å².